The van der Waals surface area contributed by atoms with E-state index in [-0.39, 0.29) is 17.7 Å². The van der Waals surface area contributed by atoms with Crippen molar-refractivity contribution in [3.05, 3.63) is 51.5 Å². The molecule has 2 aromatic rings. The van der Waals surface area contributed by atoms with Crippen LogP contribution in [0.4, 0.5) is 13.2 Å². The number of rotatable bonds is 5. The summed E-state index contributed by atoms with van der Waals surface area (Å²) in [5, 5.41) is 4.44. The van der Waals surface area contributed by atoms with Crippen molar-refractivity contribution < 1.29 is 27.5 Å². The maximum atomic E-state index is 12.7. The van der Waals surface area contributed by atoms with Gasteiger partial charge in [-0.3, -0.25) is 9.59 Å². The number of halogens is 3. The van der Waals surface area contributed by atoms with Crippen molar-refractivity contribution in [2.24, 2.45) is 0 Å². The average molecular weight is 372 g/mol. The molecule has 9 heteroatoms. The third-order valence-electron chi connectivity index (χ3n) is 3.41. The monoisotopic (exact) mass is 372 g/mol. The van der Waals surface area contributed by atoms with Crippen molar-refractivity contribution in [2.45, 2.75) is 25.6 Å². The normalized spacial score (nSPS) is 12.5. The molecule has 2 rings (SSSR count). The van der Waals surface area contributed by atoms with Crippen LogP contribution in [-0.4, -0.2) is 24.0 Å². The minimum Gasteiger partial charge on any atom is -0.469 e. The number of hydrogen-bond acceptors (Lipinski definition) is 5. The van der Waals surface area contributed by atoms with Crippen LogP contribution in [0.25, 0.3) is 0 Å². The van der Waals surface area contributed by atoms with Gasteiger partial charge in [-0.15, -0.1) is 11.3 Å². The fourth-order valence-electron chi connectivity index (χ4n) is 2.16. The zero-order valence-electron chi connectivity index (χ0n) is 13.4. The van der Waals surface area contributed by atoms with E-state index < -0.39 is 29.8 Å². The van der Waals surface area contributed by atoms with Crippen molar-refractivity contribution >= 4 is 23.2 Å². The number of pyridine rings is 1. The van der Waals surface area contributed by atoms with Gasteiger partial charge in [0.2, 0.25) is 0 Å². The molecule has 0 spiro atoms. The van der Waals surface area contributed by atoms with Crippen molar-refractivity contribution in [1.82, 2.24) is 10.3 Å². The highest BCUT2D eigenvalue weighted by molar-refractivity contribution is 7.10. The molecule has 0 fully saturated rings. The van der Waals surface area contributed by atoms with Gasteiger partial charge in [0, 0.05) is 4.88 Å². The molecule has 0 radical (unpaired) electrons. The van der Waals surface area contributed by atoms with Gasteiger partial charge < -0.3 is 10.1 Å². The third-order valence-corrected chi connectivity index (χ3v) is 4.40. The van der Waals surface area contributed by atoms with Crippen LogP contribution >= 0.6 is 11.3 Å². The first-order valence-electron chi connectivity index (χ1n) is 7.18. The molecule has 0 bridgehead atoms. The Morgan fingerprint density at radius 1 is 1.32 bits per heavy atom. The Morgan fingerprint density at radius 2 is 2.04 bits per heavy atom. The molecule has 25 heavy (non-hydrogen) atoms. The summed E-state index contributed by atoms with van der Waals surface area (Å²) < 4.78 is 42.6. The van der Waals surface area contributed by atoms with Crippen molar-refractivity contribution in [3.8, 4) is 0 Å². The Hall–Kier alpha value is -2.42. The molecule has 0 aromatic carbocycles. The topological polar surface area (TPSA) is 68.3 Å². The van der Waals surface area contributed by atoms with Gasteiger partial charge in [0.1, 0.15) is 5.69 Å². The molecule has 1 N–H and O–H groups in total. The predicted octanol–water partition coefficient (Wildman–Crippen LogP) is 3.50. The number of esters is 1. The molecular weight excluding hydrogens is 357 g/mol. The third kappa shape index (κ3) is 4.79. The number of alkyl halides is 3. The SMILES string of the molecule is COC(=O)CC(NC(=O)c1ccc(C(F)(F)F)nc1C)c1cccs1. The highest BCUT2D eigenvalue weighted by Gasteiger charge is 2.33. The van der Waals surface area contributed by atoms with E-state index in [0.717, 1.165) is 17.0 Å². The lowest BCUT2D eigenvalue weighted by Crippen LogP contribution is -2.30. The lowest BCUT2D eigenvalue weighted by Gasteiger charge is -2.17. The number of thiophene rings is 1. The number of aromatic nitrogens is 1. The summed E-state index contributed by atoms with van der Waals surface area (Å²) >= 11 is 1.34. The van der Waals surface area contributed by atoms with Crippen molar-refractivity contribution in [2.75, 3.05) is 7.11 Å². The summed E-state index contributed by atoms with van der Waals surface area (Å²) in [5.41, 5.74) is -1.10. The van der Waals surface area contributed by atoms with E-state index >= 15 is 0 Å². The van der Waals surface area contributed by atoms with Gasteiger partial charge in [-0.05, 0) is 30.5 Å². The average Bonchev–Trinajstić information content (AvgIpc) is 3.07. The van der Waals surface area contributed by atoms with E-state index in [0.29, 0.717) is 0 Å². The lowest BCUT2D eigenvalue weighted by atomic mass is 10.1. The summed E-state index contributed by atoms with van der Waals surface area (Å²) in [6, 6.07) is 4.70. The number of hydrogen-bond donors (Lipinski definition) is 1. The summed E-state index contributed by atoms with van der Waals surface area (Å²) in [7, 11) is 1.24. The molecule has 1 unspecified atom stereocenters. The van der Waals surface area contributed by atoms with Gasteiger partial charge in [-0.2, -0.15) is 13.2 Å². The molecule has 0 aliphatic carbocycles. The maximum Gasteiger partial charge on any atom is 0.433 e. The number of methoxy groups -OCH3 is 1. The smallest absolute Gasteiger partial charge is 0.433 e. The minimum absolute atomic E-state index is 0.0134. The van der Waals surface area contributed by atoms with Crippen LogP contribution < -0.4 is 5.32 Å². The first-order chi connectivity index (χ1) is 11.7. The van der Waals surface area contributed by atoms with Crippen molar-refractivity contribution in [1.29, 1.82) is 0 Å². The Morgan fingerprint density at radius 3 is 2.56 bits per heavy atom. The van der Waals surface area contributed by atoms with Gasteiger partial charge in [0.15, 0.2) is 0 Å². The summed E-state index contributed by atoms with van der Waals surface area (Å²) in [5.74, 6) is -1.12. The number of carbonyl (C=O) groups is 2. The summed E-state index contributed by atoms with van der Waals surface area (Å²) in [6.45, 7) is 1.32. The summed E-state index contributed by atoms with van der Waals surface area (Å²) in [4.78, 5) is 28.1. The van der Waals surface area contributed by atoms with Gasteiger partial charge in [-0.25, -0.2) is 4.98 Å². The molecule has 0 saturated carbocycles. The second-order valence-corrected chi connectivity index (χ2v) is 6.13. The summed E-state index contributed by atoms with van der Waals surface area (Å²) in [6.07, 6.45) is -4.67. The Kier molecular flexibility index (Phi) is 5.78. The Bertz CT molecular complexity index is 760. The largest absolute Gasteiger partial charge is 0.469 e. The number of nitrogens with one attached hydrogen (secondary N) is 1. The highest BCUT2D eigenvalue weighted by Crippen LogP contribution is 2.28. The molecule has 5 nitrogen and oxygen atoms in total. The highest BCUT2D eigenvalue weighted by atomic mass is 32.1. The second kappa shape index (κ2) is 7.64. The number of carbonyl (C=O) groups excluding carboxylic acids is 2. The van der Waals surface area contributed by atoms with Crippen molar-refractivity contribution in [3.63, 3.8) is 0 Å². The number of amides is 1. The molecule has 0 aliphatic heterocycles. The van der Waals surface area contributed by atoms with E-state index in [1.54, 1.807) is 17.5 Å². The van der Waals surface area contributed by atoms with E-state index in [9.17, 15) is 22.8 Å². The lowest BCUT2D eigenvalue weighted by molar-refractivity contribution is -0.142. The van der Waals surface area contributed by atoms with Crippen LogP contribution in [0.2, 0.25) is 0 Å². The van der Waals surface area contributed by atoms with Crippen LogP contribution in [0.3, 0.4) is 0 Å². The van der Waals surface area contributed by atoms with Crippen LogP contribution in [0.15, 0.2) is 29.6 Å². The van der Waals surface area contributed by atoms with Gasteiger partial charge in [0.05, 0.1) is 30.8 Å². The number of ether oxygens (including phenoxy) is 1. The molecule has 1 amide bonds. The fourth-order valence-corrected chi connectivity index (χ4v) is 2.94. The minimum atomic E-state index is -4.58. The predicted molar refractivity (Wildman–Crippen MR) is 85.1 cm³/mol. The quantitative estimate of drug-likeness (QED) is 0.816. The van der Waals surface area contributed by atoms with E-state index in [1.165, 1.54) is 25.4 Å². The van der Waals surface area contributed by atoms with Gasteiger partial charge in [-0.1, -0.05) is 6.07 Å². The van der Waals surface area contributed by atoms with Gasteiger partial charge >= 0.3 is 12.1 Å². The molecule has 1 atom stereocenters. The maximum absolute atomic E-state index is 12.7. The molecule has 2 heterocycles. The molecular formula is C16H15F3N2O3S. The van der Waals surface area contributed by atoms with Crippen LogP contribution in [0.1, 0.15) is 39.1 Å². The Balaban J connectivity index is 2.22. The van der Waals surface area contributed by atoms with Crippen LogP contribution in [0, 0.1) is 6.92 Å². The zero-order chi connectivity index (χ0) is 18.6. The molecule has 134 valence electrons. The van der Waals surface area contributed by atoms with E-state index in [2.05, 4.69) is 15.0 Å². The first-order valence-corrected chi connectivity index (χ1v) is 8.06. The Labute approximate surface area is 145 Å². The fraction of sp³-hybridized carbons (Fsp3) is 0.312. The molecule has 2 aromatic heterocycles. The first kappa shape index (κ1) is 18.9. The number of nitrogens with zero attached hydrogens (tertiary/aromatic N) is 1. The van der Waals surface area contributed by atoms with E-state index in [1.807, 2.05) is 0 Å². The van der Waals surface area contributed by atoms with Crippen LogP contribution in [-0.2, 0) is 15.7 Å². The van der Waals surface area contributed by atoms with Gasteiger partial charge in [0.25, 0.3) is 5.91 Å². The molecule has 0 saturated heterocycles. The zero-order valence-corrected chi connectivity index (χ0v) is 14.2. The van der Waals surface area contributed by atoms with E-state index in [4.69, 9.17) is 0 Å². The standard InChI is InChI=1S/C16H15F3N2O3S/c1-9-10(5-6-13(20-9)16(17,18)19)15(23)21-11(8-14(22)24-2)12-4-3-7-25-12/h3-7,11H,8H2,1-2H3,(H,21,23). The number of aryl methyl sites for hydroxylation is 1. The van der Waals surface area contributed by atoms with Crippen LogP contribution in [0.5, 0.6) is 0 Å². The molecule has 0 aliphatic rings. The second-order valence-electron chi connectivity index (χ2n) is 5.15.